The Morgan fingerprint density at radius 1 is 0.410 bits per heavy atom. The number of likely N-dealkylation sites (tertiary alicyclic amines) is 3. The van der Waals surface area contributed by atoms with Gasteiger partial charge in [-0.25, -0.2) is 15.0 Å². The van der Waals surface area contributed by atoms with Crippen molar-refractivity contribution in [2.75, 3.05) is 140 Å². The predicted molar refractivity (Wildman–Crippen MR) is 340 cm³/mol. The van der Waals surface area contributed by atoms with Crippen molar-refractivity contribution < 1.29 is 43.2 Å². The van der Waals surface area contributed by atoms with Gasteiger partial charge in [0.2, 0.25) is 0 Å². The van der Waals surface area contributed by atoms with Crippen LogP contribution in [0, 0.1) is 0 Å². The molecule has 7 saturated heterocycles. The third-order valence-electron chi connectivity index (χ3n) is 16.5. The summed E-state index contributed by atoms with van der Waals surface area (Å²) in [5.41, 5.74) is 3.06. The van der Waals surface area contributed by atoms with E-state index < -0.39 is 0 Å². The minimum absolute atomic E-state index is 0.0463. The molecule has 1 N–H and O–H groups in total. The van der Waals surface area contributed by atoms with Crippen LogP contribution >= 0.6 is 23.5 Å². The molecule has 476 valence electrons. The quantitative estimate of drug-likeness (QED) is 0.319. The monoisotopic (exact) mass is 1210 g/mol. The lowest BCUT2D eigenvalue weighted by molar-refractivity contribution is -0.125. The molecule has 0 radical (unpaired) electrons. The molecule has 9 unspecified atom stereocenters. The molecule has 0 aromatic heterocycles. The van der Waals surface area contributed by atoms with E-state index in [1.54, 1.807) is 74.1 Å². The van der Waals surface area contributed by atoms with Crippen molar-refractivity contribution in [3.05, 3.63) is 24.3 Å². The van der Waals surface area contributed by atoms with Crippen LogP contribution in [0.5, 0.6) is 0 Å². The van der Waals surface area contributed by atoms with Crippen molar-refractivity contribution in [1.82, 2.24) is 54.8 Å². The van der Waals surface area contributed by atoms with Gasteiger partial charge in [-0.15, -0.1) is 23.5 Å². The number of hydrazine groups is 2. The maximum absolute atomic E-state index is 11.0. The number of Topliss-reactive ketones (excluding diaryl/α,β-unsaturated/α-hetero) is 9. The molecule has 9 heterocycles. The summed E-state index contributed by atoms with van der Waals surface area (Å²) in [6.07, 6.45) is 17.8. The lowest BCUT2D eigenvalue weighted by atomic mass is 10.0. The van der Waals surface area contributed by atoms with Crippen molar-refractivity contribution in [3.63, 3.8) is 0 Å². The molecule has 0 bridgehead atoms. The molecule has 0 aromatic carbocycles. The number of carbonyl (C=O) groups is 9. The van der Waals surface area contributed by atoms with Crippen LogP contribution in [0.25, 0.3) is 0 Å². The topological polar surface area (TPSA) is 198 Å². The van der Waals surface area contributed by atoms with Crippen molar-refractivity contribution in [1.29, 1.82) is 0 Å². The lowest BCUT2D eigenvalue weighted by Crippen LogP contribution is -2.48. The second-order valence-electron chi connectivity index (χ2n) is 23.4. The minimum Gasteiger partial charge on any atom is -0.298 e. The highest BCUT2D eigenvalue weighted by atomic mass is 32.2. The fourth-order valence-corrected chi connectivity index (χ4v) is 13.3. The maximum atomic E-state index is 11.0. The smallest absolute Gasteiger partial charge is 0.157 e. The number of nitrogens with one attached hydrogen (secondary N) is 1. The van der Waals surface area contributed by atoms with Gasteiger partial charge in [0.15, 0.2) is 11.6 Å². The third kappa shape index (κ3) is 28.9. The number of hydrogen-bond acceptors (Lipinski definition) is 22. The first-order valence-corrected chi connectivity index (χ1v) is 31.9. The Hall–Kier alpha value is -3.23. The molecule has 22 heteroatoms. The molecule has 0 aliphatic carbocycles. The van der Waals surface area contributed by atoms with Crippen LogP contribution in [-0.4, -0.2) is 295 Å². The SMILES string of the molecule is CC(=O)C1C=CCN1C.CC(=O)C1CC=CCN1C.CC(=O)C1CCCCN1C.CC(=O)C1CCCN1C.CC(=O)C1CCN(C)N1C.CC(=O)C1CCN1C.CC(=O)C1CCNN1C.CC(=O)C1CSCN1C.CC(=O)C1SCCN1C. The van der Waals surface area contributed by atoms with Crippen LogP contribution in [-0.2, 0) is 43.2 Å². The first kappa shape index (κ1) is 77.8. The molecule has 83 heavy (non-hydrogen) atoms. The van der Waals surface area contributed by atoms with Gasteiger partial charge in [-0.05, 0) is 176 Å². The highest BCUT2D eigenvalue weighted by Crippen LogP contribution is 2.22. The van der Waals surface area contributed by atoms with Crippen LogP contribution in [0.1, 0.15) is 120 Å². The summed E-state index contributed by atoms with van der Waals surface area (Å²) in [4.78, 5) is 112. The summed E-state index contributed by atoms with van der Waals surface area (Å²) in [5.74, 6) is 5.61. The van der Waals surface area contributed by atoms with Gasteiger partial charge in [-0.1, -0.05) is 30.7 Å². The van der Waals surface area contributed by atoms with E-state index in [4.69, 9.17) is 0 Å². The zero-order valence-electron chi connectivity index (χ0n) is 54.6. The van der Waals surface area contributed by atoms with Crippen LogP contribution in [0.4, 0.5) is 0 Å². The number of thioether (sulfide) groups is 2. The van der Waals surface area contributed by atoms with Gasteiger partial charge in [-0.3, -0.25) is 82.9 Å². The molecule has 20 nitrogen and oxygen atoms in total. The Balaban J connectivity index is 0.000000467. The minimum atomic E-state index is 0.0463. The molecule has 9 atom stereocenters. The largest absolute Gasteiger partial charge is 0.298 e. The number of likely N-dealkylation sites (N-methyl/N-ethyl adjacent to an activating group) is 9. The van der Waals surface area contributed by atoms with E-state index in [9.17, 15) is 43.2 Å². The number of ketones is 9. The predicted octanol–water partition coefficient (Wildman–Crippen LogP) is 4.36. The van der Waals surface area contributed by atoms with Gasteiger partial charge in [0.1, 0.15) is 45.9 Å². The number of carbonyl (C=O) groups excluding carboxylic acids is 9. The molecule has 7 fully saturated rings. The molecule has 0 aromatic rings. The van der Waals surface area contributed by atoms with Gasteiger partial charge < -0.3 is 0 Å². The summed E-state index contributed by atoms with van der Waals surface area (Å²) >= 11 is 3.56. The molecular formula is C61H111N11O9S2. The Bertz CT molecular complexity index is 1990. The summed E-state index contributed by atoms with van der Waals surface area (Å²) in [5, 5.41) is 6.10. The normalized spacial score (nSPS) is 28.5. The Labute approximate surface area is 509 Å². The lowest BCUT2D eigenvalue weighted by Gasteiger charge is -2.35. The standard InChI is InChI=1S/C8H15NO.C8H13NO.C7H14N2O.C7H13NO.C7H11NO.C6H12N2O.2C6H11NOS.C6H11NO/c2*1-7(10)8-5-3-4-6-9(8)2;1-6(10)7-4-5-8(2)9(7)3;2*1-6(9)7-4-3-5-8(7)2;1-5(9)6-3-4-7-8(6)2;1-5(8)6-3-9-4-7(6)2;1-5(8)6-7(2)3-4-9-6;1-5(8)6-3-4-7(6)2/h8H,3-6H2,1-2H3;3-4,8H,5-6H2,1-2H3;7H,4-5H2,1-3H3;7H,3-5H2,1-2H3;3-4,7H,5H2,1-2H3;6-7H,3-4H2,1-2H3;2*6H,3-4H2,1-2H3;6H,3-4H2,1-2H3. The molecule has 0 saturated carbocycles. The average molecular weight is 1210 g/mol. The Morgan fingerprint density at radius 3 is 1.13 bits per heavy atom. The molecule has 0 amide bonds. The van der Waals surface area contributed by atoms with Gasteiger partial charge in [0, 0.05) is 77.8 Å². The average Bonchev–Trinajstić information content (AvgIpc) is 4.37. The molecule has 9 aliphatic heterocycles. The van der Waals surface area contributed by atoms with Gasteiger partial charge >= 0.3 is 0 Å². The third-order valence-corrected chi connectivity index (χ3v) is 19.0. The van der Waals surface area contributed by atoms with E-state index in [1.807, 2.05) is 109 Å². The number of nitrogens with zero attached hydrogens (tertiary/aromatic N) is 10. The zero-order valence-corrected chi connectivity index (χ0v) is 56.2. The fourth-order valence-electron chi connectivity index (χ4n) is 10.8. The van der Waals surface area contributed by atoms with E-state index in [2.05, 4.69) is 52.0 Å². The highest BCUT2D eigenvalue weighted by molar-refractivity contribution is 8.00. The maximum Gasteiger partial charge on any atom is 0.157 e. The highest BCUT2D eigenvalue weighted by Gasteiger charge is 2.31. The van der Waals surface area contributed by atoms with Gasteiger partial charge in [0.05, 0.1) is 48.3 Å². The Morgan fingerprint density at radius 2 is 0.904 bits per heavy atom. The van der Waals surface area contributed by atoms with E-state index in [1.165, 1.54) is 19.3 Å². The van der Waals surface area contributed by atoms with Crippen LogP contribution in [0.15, 0.2) is 24.3 Å². The number of rotatable bonds is 9. The summed E-state index contributed by atoms with van der Waals surface area (Å²) in [6, 6.07) is 1.30. The van der Waals surface area contributed by atoms with E-state index in [0.29, 0.717) is 23.1 Å². The second-order valence-corrected chi connectivity index (χ2v) is 25.6. The first-order valence-electron chi connectivity index (χ1n) is 29.7. The van der Waals surface area contributed by atoms with Crippen molar-refractivity contribution in [2.45, 2.75) is 174 Å². The molecular weight excluding hydrogens is 1090 g/mol. The van der Waals surface area contributed by atoms with Crippen LogP contribution < -0.4 is 5.43 Å². The van der Waals surface area contributed by atoms with E-state index in [-0.39, 0.29) is 82.6 Å². The molecule has 9 aliphatic rings. The first-order chi connectivity index (χ1) is 38.8. The molecule has 0 spiro atoms. The number of piperidine rings is 1. The Kier molecular flexibility index (Phi) is 38.4. The summed E-state index contributed by atoms with van der Waals surface area (Å²) < 4.78 is 0. The van der Waals surface area contributed by atoms with E-state index in [0.717, 1.165) is 108 Å². The van der Waals surface area contributed by atoms with Gasteiger partial charge in [-0.2, -0.15) is 0 Å². The van der Waals surface area contributed by atoms with Gasteiger partial charge in [0.25, 0.3) is 0 Å². The summed E-state index contributed by atoms with van der Waals surface area (Å²) in [7, 11) is 19.8. The van der Waals surface area contributed by atoms with Crippen LogP contribution in [0.2, 0.25) is 0 Å². The van der Waals surface area contributed by atoms with Crippen molar-refractivity contribution in [3.8, 4) is 0 Å². The second kappa shape index (κ2) is 41.0. The molecule has 9 rings (SSSR count). The fraction of sp³-hybridized carbons (Fsp3) is 0.787. The van der Waals surface area contributed by atoms with Crippen molar-refractivity contribution in [2.24, 2.45) is 0 Å². The van der Waals surface area contributed by atoms with Crippen LogP contribution in [0.3, 0.4) is 0 Å². The summed E-state index contributed by atoms with van der Waals surface area (Å²) in [6.45, 7) is 22.9. The zero-order chi connectivity index (χ0) is 63.3. The van der Waals surface area contributed by atoms with Crippen molar-refractivity contribution >= 4 is 75.6 Å². The number of hydrogen-bond donors (Lipinski definition) is 1. The van der Waals surface area contributed by atoms with E-state index >= 15 is 0 Å².